The minimum absolute atomic E-state index is 0.358. The van der Waals surface area contributed by atoms with Gasteiger partial charge in [-0.25, -0.2) is 9.67 Å². The Morgan fingerprint density at radius 3 is 3.40 bits per heavy atom. The lowest BCUT2D eigenvalue weighted by Gasteiger charge is -2.14. The minimum Gasteiger partial charge on any atom is -0.349 e. The highest BCUT2D eigenvalue weighted by Gasteiger charge is 2.20. The summed E-state index contributed by atoms with van der Waals surface area (Å²) in [5, 5.41) is 4.07. The fourth-order valence-corrected chi connectivity index (χ4v) is 1.38. The van der Waals surface area contributed by atoms with Crippen LogP contribution in [0.2, 0.25) is 0 Å². The molecule has 54 valence electrons. The summed E-state index contributed by atoms with van der Waals surface area (Å²) in [6.45, 7) is 1.02. The summed E-state index contributed by atoms with van der Waals surface area (Å²) in [5.74, 6) is 1.05. The van der Waals surface area contributed by atoms with Gasteiger partial charge in [0.05, 0.1) is 0 Å². The first-order chi connectivity index (χ1) is 4.88. The van der Waals surface area contributed by atoms with Crippen molar-refractivity contribution >= 4 is 0 Å². The zero-order valence-corrected chi connectivity index (χ0v) is 5.82. The number of hydrogen-bond acceptors (Lipinski definition) is 2. The van der Waals surface area contributed by atoms with Crippen molar-refractivity contribution in [3.63, 3.8) is 0 Å². The van der Waals surface area contributed by atoms with Crippen molar-refractivity contribution in [3.8, 4) is 0 Å². The third kappa shape index (κ3) is 0.724. The number of hydrogen-bond donors (Lipinski definition) is 1. The van der Waals surface area contributed by atoms with Crippen LogP contribution in [-0.2, 0) is 6.54 Å². The van der Waals surface area contributed by atoms with Gasteiger partial charge in [0.2, 0.25) is 0 Å². The quantitative estimate of drug-likeness (QED) is 0.519. The molecular formula is C6H11N4+. The molecule has 1 aromatic rings. The Hall–Kier alpha value is -0.900. The monoisotopic (exact) mass is 139 g/mol. The highest BCUT2D eigenvalue weighted by molar-refractivity contribution is 4.91. The molecule has 0 radical (unpaired) electrons. The van der Waals surface area contributed by atoms with E-state index in [0.29, 0.717) is 6.04 Å². The first kappa shape index (κ1) is 5.85. The lowest BCUT2D eigenvalue weighted by molar-refractivity contribution is -0.432. The van der Waals surface area contributed by atoms with Crippen LogP contribution in [0.25, 0.3) is 0 Å². The van der Waals surface area contributed by atoms with Gasteiger partial charge in [0.25, 0.3) is 0 Å². The summed E-state index contributed by atoms with van der Waals surface area (Å²) in [6.07, 6.45) is 3.95. The molecule has 0 saturated heterocycles. The van der Waals surface area contributed by atoms with E-state index in [4.69, 9.17) is 0 Å². The Bertz CT molecular complexity index is 229. The summed E-state index contributed by atoms with van der Waals surface area (Å²) in [5.41, 5.74) is 3.99. The second kappa shape index (κ2) is 2.05. The third-order valence-corrected chi connectivity index (χ3v) is 1.93. The van der Waals surface area contributed by atoms with Crippen molar-refractivity contribution in [2.75, 3.05) is 0 Å². The topological polar surface area (TPSA) is 58.4 Å². The van der Waals surface area contributed by atoms with Crippen LogP contribution >= 0.6 is 0 Å². The van der Waals surface area contributed by atoms with E-state index in [0.717, 1.165) is 18.8 Å². The molecule has 1 unspecified atom stereocenters. The van der Waals surface area contributed by atoms with Gasteiger partial charge in [0, 0.05) is 13.0 Å². The molecular weight excluding hydrogens is 128 g/mol. The van der Waals surface area contributed by atoms with E-state index >= 15 is 0 Å². The lowest BCUT2D eigenvalue weighted by atomic mass is 10.1. The van der Waals surface area contributed by atoms with Gasteiger partial charge in [0.15, 0.2) is 5.82 Å². The molecule has 1 aromatic heterocycles. The predicted octanol–water partition coefficient (Wildman–Crippen LogP) is -0.645. The van der Waals surface area contributed by atoms with Gasteiger partial charge >= 0.3 is 0 Å². The molecule has 10 heavy (non-hydrogen) atoms. The van der Waals surface area contributed by atoms with Gasteiger partial charge in [-0.05, 0) is 6.42 Å². The highest BCUT2D eigenvalue weighted by atomic mass is 15.3. The average molecular weight is 139 g/mol. The van der Waals surface area contributed by atoms with E-state index in [-0.39, 0.29) is 0 Å². The van der Waals surface area contributed by atoms with Crippen molar-refractivity contribution < 1.29 is 5.73 Å². The van der Waals surface area contributed by atoms with E-state index in [9.17, 15) is 0 Å². The summed E-state index contributed by atoms with van der Waals surface area (Å²) in [7, 11) is 0. The Balaban J connectivity index is 2.41. The molecule has 4 nitrogen and oxygen atoms in total. The maximum Gasteiger partial charge on any atom is 0.185 e. The number of quaternary nitrogens is 1. The average Bonchev–Trinajstić information content (AvgIpc) is 2.36. The van der Waals surface area contributed by atoms with E-state index in [1.54, 1.807) is 6.33 Å². The standard InChI is InChI=1S/C6H10N4/c7-5-2-1-3-10-6(5)8-4-9-10/h4-5H,1-3,7H2/p+1. The summed E-state index contributed by atoms with van der Waals surface area (Å²) in [6, 6.07) is 0.358. The van der Waals surface area contributed by atoms with Gasteiger partial charge in [-0.15, -0.1) is 0 Å². The molecule has 1 aliphatic rings. The molecule has 1 atom stereocenters. The second-order valence-corrected chi connectivity index (χ2v) is 2.68. The van der Waals surface area contributed by atoms with Crippen LogP contribution in [0.5, 0.6) is 0 Å². The molecule has 2 rings (SSSR count). The summed E-state index contributed by atoms with van der Waals surface area (Å²) in [4.78, 5) is 4.13. The van der Waals surface area contributed by atoms with Crippen molar-refractivity contribution in [2.24, 2.45) is 0 Å². The number of aryl methyl sites for hydroxylation is 1. The molecule has 0 fully saturated rings. The van der Waals surface area contributed by atoms with Crippen LogP contribution < -0.4 is 5.73 Å². The largest absolute Gasteiger partial charge is 0.349 e. The Morgan fingerprint density at radius 1 is 1.70 bits per heavy atom. The summed E-state index contributed by atoms with van der Waals surface area (Å²) < 4.78 is 1.95. The number of fused-ring (bicyclic) bond motifs is 1. The van der Waals surface area contributed by atoms with Gasteiger partial charge in [-0.3, -0.25) is 0 Å². The lowest BCUT2D eigenvalue weighted by Crippen LogP contribution is -2.55. The van der Waals surface area contributed by atoms with Gasteiger partial charge < -0.3 is 5.73 Å². The number of nitrogens with zero attached hydrogens (tertiary/aromatic N) is 3. The zero-order valence-electron chi connectivity index (χ0n) is 5.82. The summed E-state index contributed by atoms with van der Waals surface area (Å²) >= 11 is 0. The minimum atomic E-state index is 0.358. The van der Waals surface area contributed by atoms with E-state index in [1.807, 2.05) is 4.68 Å². The fourth-order valence-electron chi connectivity index (χ4n) is 1.38. The van der Waals surface area contributed by atoms with Gasteiger partial charge in [-0.1, -0.05) is 0 Å². The molecule has 0 bridgehead atoms. The number of rotatable bonds is 0. The molecule has 3 N–H and O–H groups in total. The Labute approximate surface area is 59.1 Å². The Kier molecular flexibility index (Phi) is 1.20. The maximum atomic E-state index is 4.13. The smallest absolute Gasteiger partial charge is 0.185 e. The van der Waals surface area contributed by atoms with E-state index in [2.05, 4.69) is 15.8 Å². The SMILES string of the molecule is [NH3+]C1CCCn2ncnc21. The molecule has 0 aliphatic carbocycles. The van der Waals surface area contributed by atoms with Crippen LogP contribution in [0, 0.1) is 0 Å². The highest BCUT2D eigenvalue weighted by Crippen LogP contribution is 2.16. The van der Waals surface area contributed by atoms with Crippen molar-refractivity contribution in [2.45, 2.75) is 25.4 Å². The third-order valence-electron chi connectivity index (χ3n) is 1.93. The van der Waals surface area contributed by atoms with Crippen LogP contribution in [0.15, 0.2) is 6.33 Å². The van der Waals surface area contributed by atoms with Crippen LogP contribution in [0.3, 0.4) is 0 Å². The zero-order chi connectivity index (χ0) is 6.97. The van der Waals surface area contributed by atoms with Crippen molar-refractivity contribution in [1.82, 2.24) is 14.8 Å². The number of aromatic nitrogens is 3. The molecule has 0 amide bonds. The van der Waals surface area contributed by atoms with E-state index < -0.39 is 0 Å². The fraction of sp³-hybridized carbons (Fsp3) is 0.667. The second-order valence-electron chi connectivity index (χ2n) is 2.68. The molecule has 0 saturated carbocycles. The van der Waals surface area contributed by atoms with E-state index in [1.165, 1.54) is 6.42 Å². The van der Waals surface area contributed by atoms with Crippen LogP contribution in [-0.4, -0.2) is 14.8 Å². The Morgan fingerprint density at radius 2 is 2.60 bits per heavy atom. The van der Waals surface area contributed by atoms with Gasteiger partial charge in [0.1, 0.15) is 12.4 Å². The van der Waals surface area contributed by atoms with Crippen LogP contribution in [0.1, 0.15) is 24.7 Å². The van der Waals surface area contributed by atoms with Gasteiger partial charge in [-0.2, -0.15) is 5.10 Å². The normalized spacial score (nSPS) is 24.3. The maximum absolute atomic E-state index is 4.13. The molecule has 2 heterocycles. The molecule has 0 aromatic carbocycles. The van der Waals surface area contributed by atoms with Crippen molar-refractivity contribution in [1.29, 1.82) is 0 Å². The molecule has 1 aliphatic heterocycles. The molecule has 4 heteroatoms. The van der Waals surface area contributed by atoms with Crippen LogP contribution in [0.4, 0.5) is 0 Å². The first-order valence-electron chi connectivity index (χ1n) is 3.59. The predicted molar refractivity (Wildman–Crippen MR) is 34.9 cm³/mol. The molecule has 0 spiro atoms. The van der Waals surface area contributed by atoms with Crippen molar-refractivity contribution in [3.05, 3.63) is 12.2 Å². The first-order valence-corrected chi connectivity index (χ1v) is 3.59.